The summed E-state index contributed by atoms with van der Waals surface area (Å²) in [4.78, 5) is 21.2. The second-order valence-electron chi connectivity index (χ2n) is 3.52. The van der Waals surface area contributed by atoms with Gasteiger partial charge in [0.2, 0.25) is 5.75 Å². The van der Waals surface area contributed by atoms with Crippen molar-refractivity contribution in [2.24, 2.45) is 0 Å². The first-order valence-electron chi connectivity index (χ1n) is 4.80. The fourth-order valence-corrected chi connectivity index (χ4v) is 1.73. The van der Waals surface area contributed by atoms with Crippen molar-refractivity contribution < 1.29 is 27.6 Å². The topological polar surface area (TPSA) is 69.4 Å². The lowest BCUT2D eigenvalue weighted by Crippen LogP contribution is -2.20. The molecule has 0 bridgehead atoms. The van der Waals surface area contributed by atoms with E-state index in [-0.39, 0.29) is 10.0 Å². The maximum atomic E-state index is 12.1. The summed E-state index contributed by atoms with van der Waals surface area (Å²) >= 11 is 2.94. The molecule has 1 aromatic carbocycles. The monoisotopic (exact) mass is 341 g/mol. The molecule has 19 heavy (non-hydrogen) atoms. The minimum Gasteiger partial charge on any atom is -0.477 e. The van der Waals surface area contributed by atoms with Gasteiger partial charge in [-0.05, 0) is 13.0 Å². The minimum atomic E-state index is -4.66. The SMILES string of the molecule is CC(=O)c1cc(Br)cc([N+](=O)[O-])c1OCC(F)(F)F. The number of halogens is 4. The zero-order valence-electron chi connectivity index (χ0n) is 9.45. The Kier molecular flexibility index (Phi) is 4.51. The minimum absolute atomic E-state index is 0.198. The average Bonchev–Trinajstić information content (AvgIpc) is 2.24. The number of ether oxygens (including phenoxy) is 1. The molecule has 1 aromatic rings. The number of nitro benzene ring substituents is 1. The predicted octanol–water partition coefficient (Wildman–Crippen LogP) is 3.50. The van der Waals surface area contributed by atoms with Crippen LogP contribution in [0.5, 0.6) is 5.75 Å². The van der Waals surface area contributed by atoms with Gasteiger partial charge in [-0.3, -0.25) is 14.9 Å². The Morgan fingerprint density at radius 1 is 1.47 bits per heavy atom. The van der Waals surface area contributed by atoms with Crippen molar-refractivity contribution in [3.8, 4) is 5.75 Å². The van der Waals surface area contributed by atoms with Crippen molar-refractivity contribution >= 4 is 27.4 Å². The summed E-state index contributed by atoms with van der Waals surface area (Å²) in [5, 5.41) is 10.8. The Hall–Kier alpha value is -1.64. The largest absolute Gasteiger partial charge is 0.477 e. The van der Waals surface area contributed by atoms with Gasteiger partial charge in [0.25, 0.3) is 0 Å². The first-order valence-corrected chi connectivity index (χ1v) is 5.59. The van der Waals surface area contributed by atoms with Crippen molar-refractivity contribution in [2.75, 3.05) is 6.61 Å². The Bertz CT molecular complexity index is 495. The molecule has 104 valence electrons. The van der Waals surface area contributed by atoms with Crippen molar-refractivity contribution in [3.05, 3.63) is 32.3 Å². The van der Waals surface area contributed by atoms with Crippen LogP contribution in [0.4, 0.5) is 18.9 Å². The highest BCUT2D eigenvalue weighted by Crippen LogP contribution is 2.35. The molecule has 0 saturated carbocycles. The lowest BCUT2D eigenvalue weighted by atomic mass is 10.1. The van der Waals surface area contributed by atoms with Crippen LogP contribution in [0.3, 0.4) is 0 Å². The molecule has 0 N–H and O–H groups in total. The van der Waals surface area contributed by atoms with Crippen LogP contribution < -0.4 is 4.74 Å². The van der Waals surface area contributed by atoms with E-state index in [1.807, 2.05) is 0 Å². The number of carbonyl (C=O) groups excluding carboxylic acids is 1. The average molecular weight is 342 g/mol. The smallest absolute Gasteiger partial charge is 0.422 e. The van der Waals surface area contributed by atoms with E-state index in [4.69, 9.17) is 0 Å². The summed E-state index contributed by atoms with van der Waals surface area (Å²) in [5.74, 6) is -1.32. The zero-order valence-corrected chi connectivity index (χ0v) is 11.0. The molecule has 9 heteroatoms. The van der Waals surface area contributed by atoms with E-state index < -0.39 is 34.9 Å². The highest BCUT2D eigenvalue weighted by Gasteiger charge is 2.32. The summed E-state index contributed by atoms with van der Waals surface area (Å²) < 4.78 is 40.9. The molecule has 0 fully saturated rings. The lowest BCUT2D eigenvalue weighted by Gasteiger charge is -2.12. The normalized spacial score (nSPS) is 11.2. The van der Waals surface area contributed by atoms with Gasteiger partial charge in [-0.2, -0.15) is 13.2 Å². The van der Waals surface area contributed by atoms with Crippen molar-refractivity contribution in [2.45, 2.75) is 13.1 Å². The van der Waals surface area contributed by atoms with Crippen LogP contribution in [0, 0.1) is 10.1 Å². The maximum absolute atomic E-state index is 12.1. The first kappa shape index (κ1) is 15.4. The predicted molar refractivity (Wildman–Crippen MR) is 62.4 cm³/mol. The molecule has 0 radical (unpaired) electrons. The van der Waals surface area contributed by atoms with Crippen LogP contribution >= 0.6 is 15.9 Å². The molecule has 0 amide bonds. The number of ketones is 1. The van der Waals surface area contributed by atoms with Gasteiger partial charge in [-0.15, -0.1) is 0 Å². The Balaban J connectivity index is 3.31. The van der Waals surface area contributed by atoms with Crippen LogP contribution in [0.25, 0.3) is 0 Å². The summed E-state index contributed by atoms with van der Waals surface area (Å²) in [5.41, 5.74) is -0.992. The highest BCUT2D eigenvalue weighted by molar-refractivity contribution is 9.10. The van der Waals surface area contributed by atoms with Crippen molar-refractivity contribution in [1.29, 1.82) is 0 Å². The van der Waals surface area contributed by atoms with E-state index in [0.29, 0.717) is 0 Å². The van der Waals surface area contributed by atoms with Gasteiger partial charge < -0.3 is 4.74 Å². The van der Waals surface area contributed by atoms with Crippen LogP contribution in [0.2, 0.25) is 0 Å². The second kappa shape index (κ2) is 5.55. The zero-order chi connectivity index (χ0) is 14.8. The Labute approximate surface area is 113 Å². The number of nitrogens with zero attached hydrogens (tertiary/aromatic N) is 1. The summed E-state index contributed by atoms with van der Waals surface area (Å²) in [6.45, 7) is -0.637. The van der Waals surface area contributed by atoms with E-state index >= 15 is 0 Å². The highest BCUT2D eigenvalue weighted by atomic mass is 79.9. The third-order valence-corrected chi connectivity index (χ3v) is 2.45. The van der Waals surface area contributed by atoms with E-state index in [9.17, 15) is 28.1 Å². The van der Waals surface area contributed by atoms with Crippen LogP contribution in [0.15, 0.2) is 16.6 Å². The number of nitro groups is 1. The molecule has 0 heterocycles. The van der Waals surface area contributed by atoms with Gasteiger partial charge >= 0.3 is 11.9 Å². The third kappa shape index (κ3) is 4.19. The number of hydrogen-bond acceptors (Lipinski definition) is 4. The van der Waals surface area contributed by atoms with Gasteiger partial charge in [0.15, 0.2) is 12.4 Å². The lowest BCUT2D eigenvalue weighted by molar-refractivity contribution is -0.386. The van der Waals surface area contributed by atoms with Gasteiger partial charge in [0, 0.05) is 10.5 Å². The first-order chi connectivity index (χ1) is 8.61. The molecule has 0 atom stereocenters. The Morgan fingerprint density at radius 2 is 2.05 bits per heavy atom. The fraction of sp³-hybridized carbons (Fsp3) is 0.300. The van der Waals surface area contributed by atoms with Crippen LogP contribution in [-0.4, -0.2) is 23.5 Å². The number of alkyl halides is 3. The van der Waals surface area contributed by atoms with Crippen molar-refractivity contribution in [1.82, 2.24) is 0 Å². The maximum Gasteiger partial charge on any atom is 0.422 e. The number of rotatable bonds is 4. The molecule has 1 rings (SSSR count). The third-order valence-electron chi connectivity index (χ3n) is 1.99. The molecule has 0 aliphatic heterocycles. The van der Waals surface area contributed by atoms with Crippen LogP contribution in [-0.2, 0) is 0 Å². The fourth-order valence-electron chi connectivity index (χ4n) is 1.28. The molecule has 0 unspecified atom stereocenters. The number of benzene rings is 1. The molecule has 5 nitrogen and oxygen atoms in total. The Morgan fingerprint density at radius 3 is 2.47 bits per heavy atom. The number of hydrogen-bond donors (Lipinski definition) is 0. The molecular formula is C10H7BrF3NO4. The van der Waals surface area contributed by atoms with E-state index in [0.717, 1.165) is 13.0 Å². The van der Waals surface area contributed by atoms with Gasteiger partial charge in [-0.1, -0.05) is 15.9 Å². The molecule has 0 spiro atoms. The molecule has 0 saturated heterocycles. The van der Waals surface area contributed by atoms with E-state index in [2.05, 4.69) is 20.7 Å². The quantitative estimate of drug-likeness (QED) is 0.477. The van der Waals surface area contributed by atoms with E-state index in [1.165, 1.54) is 6.07 Å². The van der Waals surface area contributed by atoms with Crippen LogP contribution in [0.1, 0.15) is 17.3 Å². The molecule has 0 aliphatic carbocycles. The number of Topliss-reactive ketones (excluding diaryl/α,β-unsaturated/α-hetero) is 1. The summed E-state index contributed by atoms with van der Waals surface area (Å²) in [6, 6.07) is 2.14. The van der Waals surface area contributed by atoms with Crippen molar-refractivity contribution in [3.63, 3.8) is 0 Å². The molecule has 0 aliphatic rings. The second-order valence-corrected chi connectivity index (χ2v) is 4.43. The number of carbonyl (C=O) groups is 1. The van der Waals surface area contributed by atoms with E-state index in [1.54, 1.807) is 0 Å². The standard InChI is InChI=1S/C10H7BrF3NO4/c1-5(16)7-2-6(11)3-8(15(17)18)9(7)19-4-10(12,13)14/h2-3H,4H2,1H3. The molecular weight excluding hydrogens is 335 g/mol. The summed E-state index contributed by atoms with van der Waals surface area (Å²) in [6.07, 6.45) is -4.66. The van der Waals surface area contributed by atoms with Gasteiger partial charge in [0.1, 0.15) is 0 Å². The van der Waals surface area contributed by atoms with Gasteiger partial charge in [0.05, 0.1) is 10.5 Å². The summed E-state index contributed by atoms with van der Waals surface area (Å²) in [7, 11) is 0. The molecule has 0 aromatic heterocycles. The van der Waals surface area contributed by atoms with Gasteiger partial charge in [-0.25, -0.2) is 0 Å².